The van der Waals surface area contributed by atoms with Crippen LogP contribution in [0.4, 0.5) is 5.88 Å². The molecule has 30 heavy (non-hydrogen) atoms. The number of pyridine rings is 1. The van der Waals surface area contributed by atoms with E-state index in [0.29, 0.717) is 12.3 Å². The molecule has 7 nitrogen and oxygen atoms in total. The summed E-state index contributed by atoms with van der Waals surface area (Å²) >= 11 is 6.02. The van der Waals surface area contributed by atoms with Crippen LogP contribution in [-0.4, -0.2) is 18.6 Å². The summed E-state index contributed by atoms with van der Waals surface area (Å²) in [6.07, 6.45) is 1.49. The van der Waals surface area contributed by atoms with Crippen LogP contribution in [0.15, 0.2) is 39.9 Å². The lowest BCUT2D eigenvalue weighted by Crippen LogP contribution is -2.15. The van der Waals surface area contributed by atoms with Crippen LogP contribution in [0, 0.1) is 25.7 Å². The smallest absolute Gasteiger partial charge is 0.267 e. The van der Waals surface area contributed by atoms with E-state index in [1.54, 1.807) is 6.92 Å². The predicted octanol–water partition coefficient (Wildman–Crippen LogP) is 4.13. The molecule has 1 atom stereocenters. The molecule has 0 amide bonds. The third-order valence-corrected chi connectivity index (χ3v) is 6.61. The number of aryl methyl sites for hydroxylation is 2. The SMILES string of the molecule is Cc1cc2c(cc1C#Cc1ncccc1S(=O)(=O)Nc1onc(C)c1Cl)C(C)OC2. The summed E-state index contributed by atoms with van der Waals surface area (Å²) in [5.74, 6) is 5.78. The molecule has 0 aliphatic carbocycles. The molecule has 3 aromatic rings. The Morgan fingerprint density at radius 2 is 2.07 bits per heavy atom. The van der Waals surface area contributed by atoms with Crippen LogP contribution in [0.2, 0.25) is 5.02 Å². The maximum Gasteiger partial charge on any atom is 0.267 e. The lowest BCUT2D eigenvalue weighted by molar-refractivity contribution is 0.0796. The van der Waals surface area contributed by atoms with Crippen molar-refractivity contribution in [1.29, 1.82) is 0 Å². The van der Waals surface area contributed by atoms with Crippen LogP contribution in [0.25, 0.3) is 0 Å². The molecule has 0 spiro atoms. The van der Waals surface area contributed by atoms with Gasteiger partial charge in [0.1, 0.15) is 21.3 Å². The zero-order valence-electron chi connectivity index (χ0n) is 16.5. The van der Waals surface area contributed by atoms with Gasteiger partial charge >= 0.3 is 0 Å². The van der Waals surface area contributed by atoms with Crippen molar-refractivity contribution in [2.24, 2.45) is 0 Å². The van der Waals surface area contributed by atoms with Gasteiger partial charge < -0.3 is 9.26 Å². The Hall–Kier alpha value is -2.86. The maximum atomic E-state index is 12.9. The van der Waals surface area contributed by atoms with Gasteiger partial charge in [0.25, 0.3) is 15.9 Å². The second-order valence-corrected chi connectivity index (χ2v) is 8.96. The molecule has 2 aromatic heterocycles. The number of hydrogen-bond donors (Lipinski definition) is 1. The van der Waals surface area contributed by atoms with E-state index in [1.165, 1.54) is 18.3 Å². The van der Waals surface area contributed by atoms with Crippen LogP contribution in [0.3, 0.4) is 0 Å². The Labute approximate surface area is 179 Å². The molecular formula is C21H18ClN3O4S. The number of anilines is 1. The Bertz CT molecular complexity index is 1310. The minimum absolute atomic E-state index is 0.00579. The van der Waals surface area contributed by atoms with E-state index in [9.17, 15) is 8.42 Å². The number of hydrogen-bond acceptors (Lipinski definition) is 6. The molecule has 0 saturated heterocycles. The van der Waals surface area contributed by atoms with Crippen LogP contribution >= 0.6 is 11.6 Å². The normalized spacial score (nSPS) is 15.4. The summed E-state index contributed by atoms with van der Waals surface area (Å²) in [4.78, 5) is 4.06. The molecule has 154 valence electrons. The standard InChI is InChI=1S/C21H18ClN3O4S/c1-12-9-16-11-28-14(3)17(16)10-15(12)6-7-18-19(5-4-8-23-18)30(26,27)25-21-20(22)13(2)24-29-21/h4-5,8-10,14,25H,11H2,1-3H3. The van der Waals surface area contributed by atoms with Crippen molar-refractivity contribution < 1.29 is 17.7 Å². The highest BCUT2D eigenvalue weighted by Gasteiger charge is 2.23. The highest BCUT2D eigenvalue weighted by Crippen LogP contribution is 2.32. The number of nitrogens with zero attached hydrogens (tertiary/aromatic N) is 2. The largest absolute Gasteiger partial charge is 0.369 e. The molecule has 0 fully saturated rings. The fourth-order valence-corrected chi connectivity index (χ4v) is 4.44. The van der Waals surface area contributed by atoms with Gasteiger partial charge in [-0.1, -0.05) is 28.7 Å². The fraction of sp³-hybridized carbons (Fsp3) is 0.238. The number of ether oxygens (including phenoxy) is 1. The molecule has 1 aliphatic heterocycles. The van der Waals surface area contributed by atoms with Gasteiger partial charge in [0.15, 0.2) is 0 Å². The highest BCUT2D eigenvalue weighted by atomic mass is 35.5. The van der Waals surface area contributed by atoms with Gasteiger partial charge in [-0.25, -0.2) is 18.1 Å². The first-order chi connectivity index (χ1) is 14.3. The predicted molar refractivity (Wildman–Crippen MR) is 112 cm³/mol. The molecule has 1 N–H and O–H groups in total. The summed E-state index contributed by atoms with van der Waals surface area (Å²) < 4.78 is 38.7. The number of fused-ring (bicyclic) bond motifs is 1. The quantitative estimate of drug-likeness (QED) is 0.611. The van der Waals surface area contributed by atoms with E-state index in [1.807, 2.05) is 19.9 Å². The van der Waals surface area contributed by atoms with Crippen LogP contribution < -0.4 is 4.72 Å². The molecule has 4 rings (SSSR count). The first-order valence-electron chi connectivity index (χ1n) is 9.13. The van der Waals surface area contributed by atoms with Crippen LogP contribution in [-0.2, 0) is 21.4 Å². The molecular weight excluding hydrogens is 426 g/mol. The van der Waals surface area contributed by atoms with Crippen molar-refractivity contribution in [3.8, 4) is 11.8 Å². The summed E-state index contributed by atoms with van der Waals surface area (Å²) in [7, 11) is -4.04. The molecule has 1 aliphatic rings. The summed E-state index contributed by atoms with van der Waals surface area (Å²) in [6, 6.07) is 6.98. The zero-order valence-corrected chi connectivity index (χ0v) is 18.1. The van der Waals surface area contributed by atoms with Crippen molar-refractivity contribution >= 4 is 27.5 Å². The number of sulfonamides is 1. The van der Waals surface area contributed by atoms with Crippen LogP contribution in [0.5, 0.6) is 0 Å². The van der Waals surface area contributed by atoms with E-state index in [4.69, 9.17) is 20.9 Å². The Morgan fingerprint density at radius 1 is 1.27 bits per heavy atom. The number of nitrogens with one attached hydrogen (secondary N) is 1. The minimum atomic E-state index is -4.04. The first-order valence-corrected chi connectivity index (χ1v) is 11.0. The monoisotopic (exact) mass is 443 g/mol. The van der Waals surface area contributed by atoms with E-state index in [-0.39, 0.29) is 27.6 Å². The second kappa shape index (κ2) is 7.76. The lowest BCUT2D eigenvalue weighted by Gasteiger charge is -2.07. The summed E-state index contributed by atoms with van der Waals surface area (Å²) in [5, 5.41) is 3.75. The van der Waals surface area contributed by atoms with Gasteiger partial charge in [-0.15, -0.1) is 0 Å². The van der Waals surface area contributed by atoms with Crippen molar-refractivity contribution in [2.75, 3.05) is 4.72 Å². The Morgan fingerprint density at radius 3 is 2.80 bits per heavy atom. The fourth-order valence-electron chi connectivity index (χ4n) is 3.15. The number of benzene rings is 1. The minimum Gasteiger partial charge on any atom is -0.369 e. The van der Waals surface area contributed by atoms with Gasteiger partial charge in [0.2, 0.25) is 0 Å². The number of rotatable bonds is 3. The molecule has 1 unspecified atom stereocenters. The Kier molecular flexibility index (Phi) is 5.28. The molecule has 1 aromatic carbocycles. The summed E-state index contributed by atoms with van der Waals surface area (Å²) in [6.45, 7) is 6.14. The van der Waals surface area contributed by atoms with E-state index in [2.05, 4.69) is 32.8 Å². The van der Waals surface area contributed by atoms with Gasteiger partial charge in [0, 0.05) is 11.8 Å². The van der Waals surface area contributed by atoms with E-state index >= 15 is 0 Å². The van der Waals surface area contributed by atoms with Crippen molar-refractivity contribution in [3.05, 3.63) is 69.1 Å². The average Bonchev–Trinajstić information content (AvgIpc) is 3.22. The van der Waals surface area contributed by atoms with Gasteiger partial charge in [0.05, 0.1) is 12.7 Å². The highest BCUT2D eigenvalue weighted by molar-refractivity contribution is 7.92. The van der Waals surface area contributed by atoms with Gasteiger partial charge in [-0.3, -0.25) is 0 Å². The molecule has 0 radical (unpaired) electrons. The third kappa shape index (κ3) is 3.79. The van der Waals surface area contributed by atoms with E-state index in [0.717, 1.165) is 22.3 Å². The lowest BCUT2D eigenvalue weighted by atomic mass is 9.98. The van der Waals surface area contributed by atoms with Crippen LogP contribution in [0.1, 0.15) is 46.7 Å². The number of halogens is 1. The zero-order chi connectivity index (χ0) is 21.5. The molecule has 3 heterocycles. The second-order valence-electron chi connectivity index (χ2n) is 6.94. The van der Waals surface area contributed by atoms with Crippen molar-refractivity contribution in [1.82, 2.24) is 10.1 Å². The summed E-state index contributed by atoms with van der Waals surface area (Å²) in [5.41, 5.74) is 4.52. The van der Waals surface area contributed by atoms with Crippen molar-refractivity contribution in [2.45, 2.75) is 38.4 Å². The average molecular weight is 444 g/mol. The topological polar surface area (TPSA) is 94.3 Å². The molecule has 9 heteroatoms. The Balaban J connectivity index is 1.71. The van der Waals surface area contributed by atoms with Gasteiger partial charge in [-0.05, 0) is 61.6 Å². The first kappa shape index (κ1) is 20.4. The third-order valence-electron chi connectivity index (χ3n) is 4.81. The van der Waals surface area contributed by atoms with Crippen molar-refractivity contribution in [3.63, 3.8) is 0 Å². The number of aromatic nitrogens is 2. The van der Waals surface area contributed by atoms with E-state index < -0.39 is 10.0 Å². The maximum absolute atomic E-state index is 12.9. The molecule has 0 bridgehead atoms. The molecule has 0 saturated carbocycles. The van der Waals surface area contributed by atoms with Gasteiger partial charge in [-0.2, -0.15) is 0 Å².